The van der Waals surface area contributed by atoms with Gasteiger partial charge in [0.1, 0.15) is 11.9 Å². The third kappa shape index (κ3) is 3.64. The number of hydrogen-bond acceptors (Lipinski definition) is 5. The van der Waals surface area contributed by atoms with Gasteiger partial charge in [-0.3, -0.25) is 4.79 Å². The van der Waals surface area contributed by atoms with Crippen LogP contribution in [-0.2, 0) is 14.8 Å². The predicted octanol–water partition coefficient (Wildman–Crippen LogP) is 1.11. The van der Waals surface area contributed by atoms with E-state index in [-0.39, 0.29) is 17.4 Å². The Morgan fingerprint density at radius 1 is 1.30 bits per heavy atom. The van der Waals surface area contributed by atoms with Gasteiger partial charge < -0.3 is 9.72 Å². The fourth-order valence-electron chi connectivity index (χ4n) is 3.35. The molecular formula is C15H23N3O4S. The molecule has 128 valence electrons. The van der Waals surface area contributed by atoms with Crippen LogP contribution in [0.4, 0.5) is 0 Å². The van der Waals surface area contributed by atoms with E-state index in [1.54, 1.807) is 6.92 Å². The number of aromatic amines is 1. The van der Waals surface area contributed by atoms with Crippen LogP contribution < -0.4 is 5.56 Å². The Bertz CT molecular complexity index is 710. The number of H-pyrrole nitrogens is 1. The van der Waals surface area contributed by atoms with Gasteiger partial charge in [-0.1, -0.05) is 19.3 Å². The van der Waals surface area contributed by atoms with Crippen molar-refractivity contribution in [3.8, 4) is 0 Å². The molecule has 0 unspecified atom stereocenters. The third-order valence-electron chi connectivity index (χ3n) is 4.56. The number of nitrogens with zero attached hydrogens (tertiary/aromatic N) is 2. The first-order chi connectivity index (χ1) is 11.0. The largest absolute Gasteiger partial charge is 0.368 e. The van der Waals surface area contributed by atoms with Crippen molar-refractivity contribution in [3.63, 3.8) is 0 Å². The van der Waals surface area contributed by atoms with E-state index in [9.17, 15) is 13.2 Å². The zero-order chi connectivity index (χ0) is 16.4. The maximum Gasteiger partial charge on any atom is 0.251 e. The zero-order valence-electron chi connectivity index (χ0n) is 13.3. The third-order valence-corrected chi connectivity index (χ3v) is 6.92. The van der Waals surface area contributed by atoms with Crippen molar-refractivity contribution in [2.45, 2.75) is 50.4 Å². The van der Waals surface area contributed by atoms with E-state index in [4.69, 9.17) is 4.74 Å². The van der Waals surface area contributed by atoms with Gasteiger partial charge in [-0.25, -0.2) is 13.4 Å². The predicted molar refractivity (Wildman–Crippen MR) is 85.7 cm³/mol. The Hall–Kier alpha value is -1.25. The van der Waals surface area contributed by atoms with Gasteiger partial charge in [0.25, 0.3) is 5.56 Å². The fraction of sp³-hybridized carbons (Fsp3) is 0.733. The quantitative estimate of drug-likeness (QED) is 0.889. The Morgan fingerprint density at radius 2 is 2.04 bits per heavy atom. The molecule has 3 rings (SSSR count). The Balaban J connectivity index is 1.78. The van der Waals surface area contributed by atoms with Crippen LogP contribution in [-0.4, -0.2) is 47.6 Å². The number of sulfonamides is 1. The van der Waals surface area contributed by atoms with Crippen molar-refractivity contribution in [3.05, 3.63) is 27.9 Å². The molecule has 1 saturated heterocycles. The molecule has 0 aromatic carbocycles. The molecule has 1 saturated carbocycles. The van der Waals surface area contributed by atoms with Gasteiger partial charge in [0.15, 0.2) is 0 Å². The molecule has 7 nitrogen and oxygen atoms in total. The smallest absolute Gasteiger partial charge is 0.251 e. The van der Waals surface area contributed by atoms with Crippen LogP contribution in [0.15, 0.2) is 10.9 Å². The van der Waals surface area contributed by atoms with Crippen molar-refractivity contribution < 1.29 is 13.2 Å². The molecule has 2 aliphatic rings. The van der Waals surface area contributed by atoms with Gasteiger partial charge in [-0.2, -0.15) is 4.31 Å². The summed E-state index contributed by atoms with van der Waals surface area (Å²) in [7, 11) is -3.31. The summed E-state index contributed by atoms with van der Waals surface area (Å²) < 4.78 is 32.8. The highest BCUT2D eigenvalue weighted by Gasteiger charge is 2.37. The molecule has 0 spiro atoms. The van der Waals surface area contributed by atoms with Gasteiger partial charge >= 0.3 is 0 Å². The maximum absolute atomic E-state index is 12.8. The summed E-state index contributed by atoms with van der Waals surface area (Å²) in [5.74, 6) is 0.401. The minimum absolute atomic E-state index is 0.214. The highest BCUT2D eigenvalue weighted by atomic mass is 32.2. The number of ether oxygens (including phenoxy) is 1. The molecule has 0 amide bonds. The van der Waals surface area contributed by atoms with Crippen LogP contribution in [0.2, 0.25) is 0 Å². The number of nitrogens with one attached hydrogen (secondary N) is 1. The second-order valence-corrected chi connectivity index (χ2v) is 8.51. The van der Waals surface area contributed by atoms with Crippen molar-refractivity contribution in [1.82, 2.24) is 14.3 Å². The number of morpholine rings is 1. The van der Waals surface area contributed by atoms with E-state index in [1.165, 1.54) is 10.4 Å². The molecule has 1 aliphatic heterocycles. The molecule has 1 aromatic heterocycles. The van der Waals surface area contributed by atoms with Crippen molar-refractivity contribution in [2.24, 2.45) is 0 Å². The molecule has 0 radical (unpaired) electrons. The summed E-state index contributed by atoms with van der Waals surface area (Å²) in [5, 5.41) is -0.278. The summed E-state index contributed by atoms with van der Waals surface area (Å²) in [6.07, 6.45) is 4.03. The fourth-order valence-corrected chi connectivity index (χ4v) is 5.37. The summed E-state index contributed by atoms with van der Waals surface area (Å²) in [5.41, 5.74) is 0.350. The number of hydrogen-bond donors (Lipinski definition) is 1. The standard InChI is InChI=1S/C15H23N3O4S/c1-11-9-14(19)17-15(16-11)13-10-18(7-8-22-13)23(20,21)12-5-3-2-4-6-12/h9,12-13H,2-8,10H2,1H3,(H,16,17,19)/t13-/m1/s1. The molecule has 1 aromatic rings. The first-order valence-electron chi connectivity index (χ1n) is 8.15. The monoisotopic (exact) mass is 341 g/mol. The number of rotatable bonds is 3. The average molecular weight is 341 g/mol. The van der Waals surface area contributed by atoms with E-state index in [1.807, 2.05) is 0 Å². The highest BCUT2D eigenvalue weighted by molar-refractivity contribution is 7.89. The summed E-state index contributed by atoms with van der Waals surface area (Å²) in [6, 6.07) is 1.41. The molecule has 0 bridgehead atoms. The lowest BCUT2D eigenvalue weighted by atomic mass is 10.0. The van der Waals surface area contributed by atoms with Crippen LogP contribution >= 0.6 is 0 Å². The van der Waals surface area contributed by atoms with Gasteiger partial charge in [0.05, 0.1) is 11.9 Å². The maximum atomic E-state index is 12.8. The van der Waals surface area contributed by atoms with Crippen LogP contribution in [0.3, 0.4) is 0 Å². The normalized spacial score (nSPS) is 24.7. The lowest BCUT2D eigenvalue weighted by Gasteiger charge is -2.35. The molecule has 1 atom stereocenters. The Morgan fingerprint density at radius 3 is 2.74 bits per heavy atom. The van der Waals surface area contributed by atoms with Crippen LogP contribution in [0.25, 0.3) is 0 Å². The summed E-state index contributed by atoms with van der Waals surface area (Å²) in [4.78, 5) is 18.5. The van der Waals surface area contributed by atoms with Crippen LogP contribution in [0.5, 0.6) is 0 Å². The minimum Gasteiger partial charge on any atom is -0.368 e. The second-order valence-electron chi connectivity index (χ2n) is 6.29. The molecule has 2 fully saturated rings. The molecule has 1 aliphatic carbocycles. The van der Waals surface area contributed by atoms with Gasteiger partial charge in [-0.05, 0) is 19.8 Å². The number of aryl methyl sites for hydroxylation is 1. The average Bonchev–Trinajstić information content (AvgIpc) is 2.55. The van der Waals surface area contributed by atoms with Crippen LogP contribution in [0.1, 0.15) is 49.7 Å². The van der Waals surface area contributed by atoms with E-state index >= 15 is 0 Å². The highest BCUT2D eigenvalue weighted by Crippen LogP contribution is 2.29. The van der Waals surface area contributed by atoms with E-state index in [2.05, 4.69) is 9.97 Å². The zero-order valence-corrected chi connectivity index (χ0v) is 14.1. The van der Waals surface area contributed by atoms with E-state index in [0.717, 1.165) is 32.1 Å². The van der Waals surface area contributed by atoms with Crippen molar-refractivity contribution in [2.75, 3.05) is 19.7 Å². The van der Waals surface area contributed by atoms with E-state index < -0.39 is 16.1 Å². The summed E-state index contributed by atoms with van der Waals surface area (Å²) >= 11 is 0. The van der Waals surface area contributed by atoms with Crippen molar-refractivity contribution in [1.29, 1.82) is 0 Å². The van der Waals surface area contributed by atoms with Crippen LogP contribution in [0, 0.1) is 6.92 Å². The first kappa shape index (κ1) is 16.6. The van der Waals surface area contributed by atoms with Gasteiger partial charge in [-0.15, -0.1) is 0 Å². The Labute approximate surface area is 136 Å². The SMILES string of the molecule is Cc1cc(=O)[nH]c([C@H]2CN(S(=O)(=O)C3CCCCC3)CCO2)n1. The molecule has 1 N–H and O–H groups in total. The molecule has 23 heavy (non-hydrogen) atoms. The lowest BCUT2D eigenvalue weighted by Crippen LogP contribution is -2.47. The Kier molecular flexibility index (Phi) is 4.84. The number of aromatic nitrogens is 2. The van der Waals surface area contributed by atoms with E-state index in [0.29, 0.717) is 24.7 Å². The topological polar surface area (TPSA) is 92.4 Å². The minimum atomic E-state index is -3.31. The molecule has 2 heterocycles. The van der Waals surface area contributed by atoms with Gasteiger partial charge in [0.2, 0.25) is 10.0 Å². The molecular weight excluding hydrogens is 318 g/mol. The van der Waals surface area contributed by atoms with Crippen molar-refractivity contribution >= 4 is 10.0 Å². The summed E-state index contributed by atoms with van der Waals surface area (Å²) in [6.45, 7) is 2.63. The molecule has 8 heteroatoms. The second kappa shape index (κ2) is 6.70. The lowest BCUT2D eigenvalue weighted by molar-refractivity contribution is -0.00812. The van der Waals surface area contributed by atoms with Gasteiger partial charge in [0, 0.05) is 24.8 Å². The first-order valence-corrected chi connectivity index (χ1v) is 9.65.